The number of ether oxygens (including phenoxy) is 2. The average molecular weight is 599 g/mol. The first-order valence-corrected chi connectivity index (χ1v) is 14.0. The summed E-state index contributed by atoms with van der Waals surface area (Å²) >= 11 is 0. The lowest BCUT2D eigenvalue weighted by molar-refractivity contribution is -0.116. The number of benzene rings is 3. The number of hydrogen-bond donors (Lipinski definition) is 0. The van der Waals surface area contributed by atoms with Gasteiger partial charge in [-0.1, -0.05) is 54.6 Å². The third-order valence-corrected chi connectivity index (χ3v) is 8.45. The Morgan fingerprint density at radius 1 is 0.622 bits per heavy atom. The lowest BCUT2D eigenvalue weighted by Gasteiger charge is -2.32. The van der Waals surface area contributed by atoms with E-state index in [2.05, 4.69) is 0 Å². The first-order valence-electron chi connectivity index (χ1n) is 14.0. The second kappa shape index (κ2) is 9.59. The van der Waals surface area contributed by atoms with Crippen molar-refractivity contribution in [1.29, 1.82) is 0 Å². The highest BCUT2D eigenvalue weighted by Gasteiger charge is 2.51. The third kappa shape index (κ3) is 3.83. The Hall–Kier alpha value is -5.83. The van der Waals surface area contributed by atoms with Crippen LogP contribution in [0.1, 0.15) is 81.6 Å². The van der Waals surface area contributed by atoms with Crippen LogP contribution in [0.15, 0.2) is 89.2 Å². The highest BCUT2D eigenvalue weighted by molar-refractivity contribution is 6.54. The molecule has 0 bridgehead atoms. The first kappa shape index (κ1) is 28.0. The van der Waals surface area contributed by atoms with E-state index in [-0.39, 0.29) is 33.4 Å². The summed E-state index contributed by atoms with van der Waals surface area (Å²) in [5, 5.41) is 0. The van der Waals surface area contributed by atoms with Crippen molar-refractivity contribution < 1.29 is 43.0 Å². The van der Waals surface area contributed by atoms with Gasteiger partial charge in [0.2, 0.25) is 17.3 Å². The Kier molecular flexibility index (Phi) is 5.96. The minimum atomic E-state index is -2.02. The fourth-order valence-electron chi connectivity index (χ4n) is 6.39. The number of carbonyl (C=O) groups is 7. The van der Waals surface area contributed by atoms with Crippen molar-refractivity contribution in [3.05, 3.63) is 128 Å². The minimum Gasteiger partial charge on any atom is -0.492 e. The normalized spacial score (nSPS) is 20.1. The van der Waals surface area contributed by atoms with Crippen LogP contribution >= 0.6 is 0 Å². The SMILES string of the molecule is COC1=C(C2=C(C3C(=O)C(=O)c4ccccc4C3=O)C(=O)c3ccccc3C2=O)C(=O)c2ccc3c(c2C1=O)C=CC(C)(C)O3. The van der Waals surface area contributed by atoms with Gasteiger partial charge < -0.3 is 9.47 Å². The molecule has 1 aliphatic heterocycles. The van der Waals surface area contributed by atoms with E-state index in [4.69, 9.17) is 9.47 Å². The standard InChI is InChI=1S/C36H22O9/c1-36(2)15-14-20-22(45-36)13-12-21-23(20)34(43)35(44-3)27(31(21)40)25-24(28(37)16-8-4-5-9-17(16)29(25)38)26-30(39)18-10-6-7-11-19(18)32(41)33(26)42/h4-15,26H,1-3H3. The Labute approximate surface area is 255 Å². The zero-order valence-corrected chi connectivity index (χ0v) is 24.2. The molecule has 45 heavy (non-hydrogen) atoms. The number of methoxy groups -OCH3 is 1. The molecular weight excluding hydrogens is 576 g/mol. The zero-order chi connectivity index (χ0) is 31.9. The quantitative estimate of drug-likeness (QED) is 0.308. The summed E-state index contributed by atoms with van der Waals surface area (Å²) < 4.78 is 11.5. The fourth-order valence-corrected chi connectivity index (χ4v) is 6.39. The maximum atomic E-state index is 14.4. The van der Waals surface area contributed by atoms with Gasteiger partial charge in [-0.2, -0.15) is 0 Å². The zero-order valence-electron chi connectivity index (χ0n) is 24.2. The van der Waals surface area contributed by atoms with Crippen LogP contribution in [-0.4, -0.2) is 53.2 Å². The molecule has 3 aliphatic carbocycles. The molecule has 0 saturated carbocycles. The van der Waals surface area contributed by atoms with E-state index >= 15 is 0 Å². The van der Waals surface area contributed by atoms with E-state index in [0.717, 1.165) is 7.11 Å². The summed E-state index contributed by atoms with van der Waals surface area (Å²) in [6.45, 7) is 3.65. The van der Waals surface area contributed by atoms with Crippen molar-refractivity contribution in [2.45, 2.75) is 19.4 Å². The number of Topliss-reactive ketones (excluding diaryl/α,β-unsaturated/α-hetero) is 7. The molecule has 1 unspecified atom stereocenters. The highest BCUT2D eigenvalue weighted by Crippen LogP contribution is 2.44. The van der Waals surface area contributed by atoms with Gasteiger partial charge >= 0.3 is 0 Å². The van der Waals surface area contributed by atoms with E-state index in [1.807, 2.05) is 13.8 Å². The average Bonchev–Trinajstić information content (AvgIpc) is 3.03. The van der Waals surface area contributed by atoms with Gasteiger partial charge in [-0.25, -0.2) is 0 Å². The van der Waals surface area contributed by atoms with Gasteiger partial charge in [-0.15, -0.1) is 0 Å². The molecule has 9 heteroatoms. The van der Waals surface area contributed by atoms with Crippen molar-refractivity contribution in [2.75, 3.05) is 7.11 Å². The van der Waals surface area contributed by atoms with Gasteiger partial charge in [0.05, 0.1) is 12.7 Å². The summed E-state index contributed by atoms with van der Waals surface area (Å²) in [6, 6.07) is 14.3. The van der Waals surface area contributed by atoms with Crippen LogP contribution < -0.4 is 4.74 Å². The van der Waals surface area contributed by atoms with Gasteiger partial charge in [0.15, 0.2) is 28.9 Å². The predicted octanol–water partition coefficient (Wildman–Crippen LogP) is 4.79. The highest BCUT2D eigenvalue weighted by atomic mass is 16.5. The Balaban J connectivity index is 1.52. The monoisotopic (exact) mass is 598 g/mol. The maximum absolute atomic E-state index is 14.4. The van der Waals surface area contributed by atoms with Gasteiger partial charge in [0.25, 0.3) is 0 Å². The lowest BCUT2D eigenvalue weighted by atomic mass is 9.68. The molecule has 9 nitrogen and oxygen atoms in total. The first-order chi connectivity index (χ1) is 21.5. The van der Waals surface area contributed by atoms with Crippen LogP contribution in [0.3, 0.4) is 0 Å². The maximum Gasteiger partial charge on any atom is 0.230 e. The van der Waals surface area contributed by atoms with Crippen molar-refractivity contribution in [2.24, 2.45) is 5.92 Å². The van der Waals surface area contributed by atoms with Crippen molar-refractivity contribution in [3.8, 4) is 5.75 Å². The van der Waals surface area contributed by atoms with E-state index in [9.17, 15) is 33.6 Å². The van der Waals surface area contributed by atoms with E-state index < -0.39 is 74.5 Å². The molecular formula is C36H22O9. The smallest absolute Gasteiger partial charge is 0.230 e. The number of carbonyl (C=O) groups excluding carboxylic acids is 7. The second-order valence-corrected chi connectivity index (χ2v) is 11.5. The van der Waals surface area contributed by atoms with E-state index in [0.29, 0.717) is 11.3 Å². The van der Waals surface area contributed by atoms with Crippen LogP contribution in [0, 0.1) is 5.92 Å². The number of ketones is 7. The van der Waals surface area contributed by atoms with Gasteiger partial charge in [0.1, 0.15) is 17.3 Å². The number of allylic oxidation sites excluding steroid dienone is 4. The summed E-state index contributed by atoms with van der Waals surface area (Å²) in [6.07, 6.45) is 3.40. The van der Waals surface area contributed by atoms with Crippen molar-refractivity contribution in [1.82, 2.24) is 0 Å². The number of rotatable bonds is 3. The minimum absolute atomic E-state index is 0.0177. The molecule has 7 rings (SSSR count). The Morgan fingerprint density at radius 2 is 1.20 bits per heavy atom. The van der Waals surface area contributed by atoms with Crippen LogP contribution in [0.4, 0.5) is 0 Å². The topological polar surface area (TPSA) is 138 Å². The molecule has 0 N–H and O–H groups in total. The van der Waals surface area contributed by atoms with Gasteiger partial charge in [-0.3, -0.25) is 33.6 Å². The number of hydrogen-bond acceptors (Lipinski definition) is 9. The van der Waals surface area contributed by atoms with Crippen LogP contribution in [0.2, 0.25) is 0 Å². The molecule has 0 spiro atoms. The molecule has 1 atom stereocenters. The van der Waals surface area contributed by atoms with Crippen LogP contribution in [-0.2, 0) is 9.53 Å². The number of fused-ring (bicyclic) bond motifs is 5. The lowest BCUT2D eigenvalue weighted by Crippen LogP contribution is -2.43. The molecule has 0 saturated heterocycles. The summed E-state index contributed by atoms with van der Waals surface area (Å²) in [7, 11) is 1.14. The largest absolute Gasteiger partial charge is 0.492 e. The Bertz CT molecular complexity index is 2120. The van der Waals surface area contributed by atoms with Crippen molar-refractivity contribution >= 4 is 46.6 Å². The Morgan fingerprint density at radius 3 is 1.84 bits per heavy atom. The summed E-state index contributed by atoms with van der Waals surface area (Å²) in [4.78, 5) is 97.7. The third-order valence-electron chi connectivity index (χ3n) is 8.45. The molecule has 0 fully saturated rings. The van der Waals surface area contributed by atoms with Gasteiger partial charge in [0, 0.05) is 50.1 Å². The summed E-state index contributed by atoms with van der Waals surface area (Å²) in [5.41, 5.74) is -2.70. The molecule has 220 valence electrons. The summed E-state index contributed by atoms with van der Waals surface area (Å²) in [5.74, 6) is -8.69. The molecule has 0 amide bonds. The molecule has 1 heterocycles. The molecule has 0 aromatic heterocycles. The molecule has 0 radical (unpaired) electrons. The molecule has 4 aliphatic rings. The molecule has 3 aromatic carbocycles. The molecule has 3 aromatic rings. The second-order valence-electron chi connectivity index (χ2n) is 11.5. The fraction of sp³-hybridized carbons (Fsp3) is 0.139. The van der Waals surface area contributed by atoms with Crippen LogP contribution in [0.25, 0.3) is 6.08 Å². The van der Waals surface area contributed by atoms with E-state index in [1.54, 1.807) is 12.2 Å². The predicted molar refractivity (Wildman–Crippen MR) is 159 cm³/mol. The van der Waals surface area contributed by atoms with Crippen LogP contribution in [0.5, 0.6) is 5.75 Å². The van der Waals surface area contributed by atoms with E-state index in [1.165, 1.54) is 60.7 Å². The van der Waals surface area contributed by atoms with Gasteiger partial charge in [-0.05, 0) is 32.1 Å². The van der Waals surface area contributed by atoms with Crippen molar-refractivity contribution in [3.63, 3.8) is 0 Å².